The Morgan fingerprint density at radius 1 is 1.06 bits per heavy atom. The summed E-state index contributed by atoms with van der Waals surface area (Å²) in [6, 6.07) is 15.5. The van der Waals surface area contributed by atoms with Gasteiger partial charge < -0.3 is 14.4 Å². The van der Waals surface area contributed by atoms with Gasteiger partial charge in [-0.15, -0.1) is 0 Å². The molecule has 1 amide bonds. The molecule has 1 aromatic heterocycles. The molecule has 2 aliphatic heterocycles. The molecule has 1 unspecified atom stereocenters. The van der Waals surface area contributed by atoms with Gasteiger partial charge in [0.1, 0.15) is 11.4 Å². The van der Waals surface area contributed by atoms with E-state index in [9.17, 15) is 4.79 Å². The Bertz CT molecular complexity index is 1160. The van der Waals surface area contributed by atoms with Gasteiger partial charge in [-0.25, -0.2) is 0 Å². The SMILES string of the molecule is CCCCOc1ccc(C2c3c(-c4ccc(Cl)cc4)n[nH]c3C(=O)N2CCCN2CCOCC2)cc1. The molecule has 5 rings (SSSR count). The number of carbonyl (C=O) groups excluding carboxylic acids is 1. The molecule has 2 aliphatic rings. The van der Waals surface area contributed by atoms with Gasteiger partial charge in [-0.2, -0.15) is 5.10 Å². The number of ether oxygens (including phenoxy) is 2. The Kier molecular flexibility index (Phi) is 7.90. The van der Waals surface area contributed by atoms with E-state index in [2.05, 4.69) is 34.2 Å². The van der Waals surface area contributed by atoms with Crippen LogP contribution in [0.4, 0.5) is 0 Å². The van der Waals surface area contributed by atoms with Crippen molar-refractivity contribution in [1.82, 2.24) is 20.0 Å². The van der Waals surface area contributed by atoms with Crippen molar-refractivity contribution in [2.24, 2.45) is 0 Å². The lowest BCUT2D eigenvalue weighted by Crippen LogP contribution is -2.38. The molecule has 0 spiro atoms. The molecule has 0 radical (unpaired) electrons. The molecule has 3 heterocycles. The molecule has 2 aromatic carbocycles. The van der Waals surface area contributed by atoms with E-state index in [1.807, 2.05) is 41.3 Å². The first-order valence-electron chi connectivity index (χ1n) is 12.8. The van der Waals surface area contributed by atoms with Gasteiger partial charge in [-0.05, 0) is 42.7 Å². The van der Waals surface area contributed by atoms with Crippen molar-refractivity contribution in [3.05, 3.63) is 70.4 Å². The fraction of sp³-hybridized carbons (Fsp3) is 0.429. The second-order valence-corrected chi connectivity index (χ2v) is 9.78. The molecule has 1 saturated heterocycles. The van der Waals surface area contributed by atoms with Crippen molar-refractivity contribution >= 4 is 17.5 Å². The second-order valence-electron chi connectivity index (χ2n) is 9.35. The number of halogens is 1. The average molecular weight is 509 g/mol. The van der Waals surface area contributed by atoms with Gasteiger partial charge in [-0.1, -0.05) is 49.2 Å². The van der Waals surface area contributed by atoms with Gasteiger partial charge in [0.15, 0.2) is 0 Å². The zero-order valence-electron chi connectivity index (χ0n) is 20.7. The van der Waals surface area contributed by atoms with Crippen LogP contribution >= 0.6 is 11.6 Å². The summed E-state index contributed by atoms with van der Waals surface area (Å²) < 4.78 is 11.3. The Balaban J connectivity index is 1.42. The van der Waals surface area contributed by atoms with E-state index < -0.39 is 0 Å². The number of hydrogen-bond donors (Lipinski definition) is 1. The van der Waals surface area contributed by atoms with Gasteiger partial charge in [0.25, 0.3) is 5.91 Å². The van der Waals surface area contributed by atoms with E-state index in [0.717, 1.165) is 80.2 Å². The zero-order chi connectivity index (χ0) is 24.9. The molecule has 7 nitrogen and oxygen atoms in total. The lowest BCUT2D eigenvalue weighted by atomic mass is 9.96. The highest BCUT2D eigenvalue weighted by Gasteiger charge is 2.41. The lowest BCUT2D eigenvalue weighted by Gasteiger charge is -2.29. The Labute approximate surface area is 217 Å². The van der Waals surface area contributed by atoms with Crippen molar-refractivity contribution < 1.29 is 14.3 Å². The van der Waals surface area contributed by atoms with E-state index in [0.29, 0.717) is 23.9 Å². The molecule has 1 fully saturated rings. The maximum absolute atomic E-state index is 13.6. The molecule has 36 heavy (non-hydrogen) atoms. The Morgan fingerprint density at radius 2 is 1.81 bits per heavy atom. The minimum Gasteiger partial charge on any atom is -0.494 e. The number of nitrogens with one attached hydrogen (secondary N) is 1. The van der Waals surface area contributed by atoms with Crippen molar-refractivity contribution in [3.8, 4) is 17.0 Å². The number of H-pyrrole nitrogens is 1. The standard InChI is InChI=1S/C28H33ClN4O3/c1-2-3-17-36-23-11-7-21(8-12-23)27-24-25(20-5-9-22(29)10-6-20)30-31-26(24)28(34)33(27)14-4-13-32-15-18-35-19-16-32/h5-12,27H,2-4,13-19H2,1H3,(H,30,31). The number of rotatable bonds is 10. The lowest BCUT2D eigenvalue weighted by molar-refractivity contribution is 0.0354. The highest BCUT2D eigenvalue weighted by molar-refractivity contribution is 6.30. The number of amides is 1. The highest BCUT2D eigenvalue weighted by atomic mass is 35.5. The second kappa shape index (κ2) is 11.5. The first-order valence-corrected chi connectivity index (χ1v) is 13.2. The number of aromatic nitrogens is 2. The van der Waals surface area contributed by atoms with Gasteiger partial charge in [0, 0.05) is 42.3 Å². The smallest absolute Gasteiger partial charge is 0.273 e. The highest BCUT2D eigenvalue weighted by Crippen LogP contribution is 2.43. The van der Waals surface area contributed by atoms with Crippen LogP contribution in [-0.2, 0) is 4.74 Å². The van der Waals surface area contributed by atoms with Gasteiger partial charge in [-0.3, -0.25) is 14.8 Å². The third kappa shape index (κ3) is 5.28. The van der Waals surface area contributed by atoms with Crippen molar-refractivity contribution in [2.75, 3.05) is 46.0 Å². The number of fused-ring (bicyclic) bond motifs is 1. The topological polar surface area (TPSA) is 70.7 Å². The van der Waals surface area contributed by atoms with Crippen molar-refractivity contribution in [1.29, 1.82) is 0 Å². The van der Waals surface area contributed by atoms with Gasteiger partial charge >= 0.3 is 0 Å². The molecule has 8 heteroatoms. The zero-order valence-corrected chi connectivity index (χ0v) is 21.5. The number of morpholine rings is 1. The number of nitrogens with zero attached hydrogens (tertiary/aromatic N) is 3. The van der Waals surface area contributed by atoms with Crippen molar-refractivity contribution in [2.45, 2.75) is 32.2 Å². The van der Waals surface area contributed by atoms with Crippen LogP contribution in [0.5, 0.6) is 5.75 Å². The number of aromatic amines is 1. The van der Waals surface area contributed by atoms with E-state index in [1.54, 1.807) is 0 Å². The number of hydrogen-bond acceptors (Lipinski definition) is 5. The van der Waals surface area contributed by atoms with Crippen molar-refractivity contribution in [3.63, 3.8) is 0 Å². The summed E-state index contributed by atoms with van der Waals surface area (Å²) in [6.45, 7) is 7.91. The van der Waals surface area contributed by atoms with E-state index in [-0.39, 0.29) is 11.9 Å². The fourth-order valence-corrected chi connectivity index (χ4v) is 5.10. The first-order chi connectivity index (χ1) is 17.7. The maximum atomic E-state index is 13.6. The summed E-state index contributed by atoms with van der Waals surface area (Å²) in [7, 11) is 0. The quantitative estimate of drug-likeness (QED) is 0.382. The summed E-state index contributed by atoms with van der Waals surface area (Å²) in [4.78, 5) is 18.0. The van der Waals surface area contributed by atoms with Crippen LogP contribution in [0.3, 0.4) is 0 Å². The Hall–Kier alpha value is -2.87. The molecular weight excluding hydrogens is 476 g/mol. The summed E-state index contributed by atoms with van der Waals surface area (Å²) in [6.07, 6.45) is 3.02. The number of benzene rings is 2. The first kappa shape index (κ1) is 24.8. The summed E-state index contributed by atoms with van der Waals surface area (Å²) in [5.41, 5.74) is 4.27. The minimum atomic E-state index is -0.216. The van der Waals surface area contributed by atoms with Crippen LogP contribution < -0.4 is 4.74 Å². The molecule has 1 N–H and O–H groups in total. The van der Waals surface area contributed by atoms with E-state index >= 15 is 0 Å². The summed E-state index contributed by atoms with van der Waals surface area (Å²) in [5, 5.41) is 8.26. The predicted octanol–water partition coefficient (Wildman–Crippen LogP) is 5.18. The maximum Gasteiger partial charge on any atom is 0.273 e. The Morgan fingerprint density at radius 3 is 2.53 bits per heavy atom. The number of unbranched alkanes of at least 4 members (excludes halogenated alkanes) is 1. The summed E-state index contributed by atoms with van der Waals surface area (Å²) in [5.74, 6) is 0.841. The van der Waals surface area contributed by atoms with Crippen LogP contribution in [0, 0.1) is 0 Å². The normalized spacial score (nSPS) is 18.0. The predicted molar refractivity (Wildman–Crippen MR) is 141 cm³/mol. The summed E-state index contributed by atoms with van der Waals surface area (Å²) >= 11 is 6.13. The largest absolute Gasteiger partial charge is 0.494 e. The molecule has 0 saturated carbocycles. The van der Waals surface area contributed by atoms with Crippen LogP contribution in [0.1, 0.15) is 53.8 Å². The fourth-order valence-electron chi connectivity index (χ4n) is 4.97. The van der Waals surface area contributed by atoms with Crippen LogP contribution in [0.15, 0.2) is 48.5 Å². The van der Waals surface area contributed by atoms with Gasteiger partial charge in [0.05, 0.1) is 31.6 Å². The van der Waals surface area contributed by atoms with Crippen LogP contribution in [-0.4, -0.2) is 71.9 Å². The molecular formula is C28H33ClN4O3. The molecule has 1 atom stereocenters. The molecule has 190 valence electrons. The minimum absolute atomic E-state index is 0.00652. The van der Waals surface area contributed by atoms with Crippen LogP contribution in [0.2, 0.25) is 5.02 Å². The third-order valence-electron chi connectivity index (χ3n) is 6.92. The molecule has 0 aliphatic carbocycles. The van der Waals surface area contributed by atoms with E-state index in [1.165, 1.54) is 0 Å². The van der Waals surface area contributed by atoms with E-state index in [4.69, 9.17) is 21.1 Å². The molecule has 3 aromatic rings. The third-order valence-corrected chi connectivity index (χ3v) is 7.17. The number of carbonyl (C=O) groups is 1. The average Bonchev–Trinajstić information content (AvgIpc) is 3.45. The van der Waals surface area contributed by atoms with Crippen LogP contribution in [0.25, 0.3) is 11.3 Å². The van der Waals surface area contributed by atoms with Gasteiger partial charge in [0.2, 0.25) is 0 Å². The molecule has 0 bridgehead atoms. The monoisotopic (exact) mass is 508 g/mol.